The molecule has 1 aliphatic rings. The molecule has 0 N–H and O–H groups in total. The van der Waals surface area contributed by atoms with Crippen LogP contribution in [0.25, 0.3) is 11.4 Å². The van der Waals surface area contributed by atoms with Crippen molar-refractivity contribution in [3.63, 3.8) is 0 Å². The van der Waals surface area contributed by atoms with Crippen LogP contribution in [0.2, 0.25) is 0 Å². The number of amides is 1. The molecule has 0 saturated heterocycles. The lowest BCUT2D eigenvalue weighted by molar-refractivity contribution is 0.0586. The van der Waals surface area contributed by atoms with E-state index in [0.29, 0.717) is 30.4 Å². The molecular weight excluding hydrogens is 390 g/mol. The van der Waals surface area contributed by atoms with Crippen LogP contribution in [0, 0.1) is 6.92 Å². The molecule has 31 heavy (non-hydrogen) atoms. The standard InChI is InChI=1S/C25H29N3O3/c1-3-30-22-15-13-20(14-16-22)25(29)28(21-7-5-4-6-8-21)17-23-26-24(27-31-23)19-11-9-18(2)10-12-19/h9-16,21H,3-8,17H2,1-2H3. The predicted octanol–water partition coefficient (Wildman–Crippen LogP) is 5.42. The van der Waals surface area contributed by atoms with Crippen molar-refractivity contribution in [3.05, 3.63) is 65.5 Å². The van der Waals surface area contributed by atoms with Gasteiger partial charge in [-0.3, -0.25) is 4.79 Å². The number of hydrogen-bond donors (Lipinski definition) is 0. The Hall–Kier alpha value is -3.15. The third-order valence-corrected chi connectivity index (χ3v) is 5.77. The number of aryl methyl sites for hydroxylation is 1. The van der Waals surface area contributed by atoms with Crippen LogP contribution in [0.4, 0.5) is 0 Å². The molecule has 1 heterocycles. The molecule has 0 unspecified atom stereocenters. The highest BCUT2D eigenvalue weighted by Crippen LogP contribution is 2.27. The van der Waals surface area contributed by atoms with Gasteiger partial charge < -0.3 is 14.2 Å². The van der Waals surface area contributed by atoms with E-state index in [-0.39, 0.29) is 11.9 Å². The van der Waals surface area contributed by atoms with Crippen LogP contribution in [-0.2, 0) is 6.54 Å². The molecule has 6 nitrogen and oxygen atoms in total. The summed E-state index contributed by atoms with van der Waals surface area (Å²) in [6.07, 6.45) is 5.50. The van der Waals surface area contributed by atoms with Crippen LogP contribution in [-0.4, -0.2) is 33.6 Å². The smallest absolute Gasteiger partial charge is 0.254 e. The van der Waals surface area contributed by atoms with Gasteiger partial charge in [-0.2, -0.15) is 4.98 Å². The highest BCUT2D eigenvalue weighted by atomic mass is 16.5. The molecule has 0 radical (unpaired) electrons. The van der Waals surface area contributed by atoms with Crippen LogP contribution in [0.1, 0.15) is 60.8 Å². The van der Waals surface area contributed by atoms with Crippen molar-refractivity contribution in [2.75, 3.05) is 6.61 Å². The van der Waals surface area contributed by atoms with E-state index in [9.17, 15) is 4.79 Å². The number of aromatic nitrogens is 2. The molecular formula is C25H29N3O3. The predicted molar refractivity (Wildman–Crippen MR) is 119 cm³/mol. The van der Waals surface area contributed by atoms with Gasteiger partial charge in [-0.25, -0.2) is 0 Å². The van der Waals surface area contributed by atoms with Crippen molar-refractivity contribution in [3.8, 4) is 17.1 Å². The second-order valence-corrected chi connectivity index (χ2v) is 8.06. The summed E-state index contributed by atoms with van der Waals surface area (Å²) in [7, 11) is 0. The molecule has 3 aromatic rings. The zero-order chi connectivity index (χ0) is 21.6. The minimum atomic E-state index is -0.00923. The molecule has 4 rings (SSSR count). The summed E-state index contributed by atoms with van der Waals surface area (Å²) >= 11 is 0. The zero-order valence-electron chi connectivity index (χ0n) is 18.2. The maximum Gasteiger partial charge on any atom is 0.254 e. The van der Waals surface area contributed by atoms with Crippen molar-refractivity contribution < 1.29 is 14.1 Å². The monoisotopic (exact) mass is 419 g/mol. The van der Waals surface area contributed by atoms with Gasteiger partial charge in [-0.15, -0.1) is 0 Å². The number of rotatable bonds is 7. The Bertz CT molecular complexity index is 990. The molecule has 0 spiro atoms. The van der Waals surface area contributed by atoms with Crippen molar-refractivity contribution >= 4 is 5.91 Å². The molecule has 6 heteroatoms. The number of ether oxygens (including phenoxy) is 1. The largest absolute Gasteiger partial charge is 0.494 e. The van der Waals surface area contributed by atoms with Crippen molar-refractivity contribution in [1.82, 2.24) is 15.0 Å². The number of nitrogens with zero attached hydrogens (tertiary/aromatic N) is 3. The Balaban J connectivity index is 1.55. The average molecular weight is 420 g/mol. The van der Waals surface area contributed by atoms with Gasteiger partial charge >= 0.3 is 0 Å². The number of benzene rings is 2. The average Bonchev–Trinajstić information content (AvgIpc) is 3.27. The molecule has 1 aromatic heterocycles. The van der Waals surface area contributed by atoms with Crippen LogP contribution in [0.15, 0.2) is 53.1 Å². The SMILES string of the molecule is CCOc1ccc(C(=O)N(Cc2nc(-c3ccc(C)cc3)no2)C2CCCCC2)cc1. The molecule has 1 fully saturated rings. The third-order valence-electron chi connectivity index (χ3n) is 5.77. The topological polar surface area (TPSA) is 68.5 Å². The number of carbonyl (C=O) groups is 1. The quantitative estimate of drug-likeness (QED) is 0.511. The number of hydrogen-bond acceptors (Lipinski definition) is 5. The van der Waals surface area contributed by atoms with E-state index >= 15 is 0 Å². The van der Waals surface area contributed by atoms with E-state index in [0.717, 1.165) is 37.0 Å². The van der Waals surface area contributed by atoms with Gasteiger partial charge in [0.1, 0.15) is 12.3 Å². The Labute approximate surface area is 183 Å². The Morgan fingerprint density at radius 1 is 1.06 bits per heavy atom. The van der Waals surface area contributed by atoms with Gasteiger partial charge in [0.15, 0.2) is 0 Å². The molecule has 1 amide bonds. The first-order valence-corrected chi connectivity index (χ1v) is 11.1. The zero-order valence-corrected chi connectivity index (χ0v) is 18.2. The third kappa shape index (κ3) is 5.13. The lowest BCUT2D eigenvalue weighted by atomic mass is 9.93. The Morgan fingerprint density at radius 3 is 2.45 bits per heavy atom. The van der Waals surface area contributed by atoms with E-state index in [1.807, 2.05) is 67.3 Å². The van der Waals surface area contributed by atoms with E-state index in [2.05, 4.69) is 10.1 Å². The molecule has 0 aliphatic heterocycles. The lowest BCUT2D eigenvalue weighted by Crippen LogP contribution is -2.41. The minimum Gasteiger partial charge on any atom is -0.494 e. The fraction of sp³-hybridized carbons (Fsp3) is 0.400. The van der Waals surface area contributed by atoms with Gasteiger partial charge in [-0.1, -0.05) is 54.2 Å². The van der Waals surface area contributed by atoms with E-state index in [1.165, 1.54) is 12.0 Å². The van der Waals surface area contributed by atoms with Crippen LogP contribution < -0.4 is 4.74 Å². The summed E-state index contributed by atoms with van der Waals surface area (Å²) in [4.78, 5) is 19.9. The van der Waals surface area contributed by atoms with Crippen LogP contribution in [0.5, 0.6) is 5.75 Å². The number of carbonyl (C=O) groups excluding carboxylic acids is 1. The molecule has 0 atom stereocenters. The van der Waals surface area contributed by atoms with Gasteiger partial charge in [0.2, 0.25) is 11.7 Å². The highest BCUT2D eigenvalue weighted by molar-refractivity contribution is 5.94. The van der Waals surface area contributed by atoms with E-state index in [1.54, 1.807) is 0 Å². The maximum absolute atomic E-state index is 13.4. The minimum absolute atomic E-state index is 0.00923. The fourth-order valence-electron chi connectivity index (χ4n) is 4.07. The maximum atomic E-state index is 13.4. The van der Waals surface area contributed by atoms with Gasteiger partial charge in [0.25, 0.3) is 5.91 Å². The summed E-state index contributed by atoms with van der Waals surface area (Å²) in [6, 6.07) is 15.5. The van der Waals surface area contributed by atoms with Crippen LogP contribution >= 0.6 is 0 Å². The van der Waals surface area contributed by atoms with Gasteiger partial charge in [-0.05, 0) is 51.0 Å². The summed E-state index contributed by atoms with van der Waals surface area (Å²) in [6.45, 7) is 4.90. The first kappa shape index (κ1) is 21.1. The Kier molecular flexibility index (Phi) is 6.65. The summed E-state index contributed by atoms with van der Waals surface area (Å²) in [5.41, 5.74) is 2.73. The summed E-state index contributed by atoms with van der Waals surface area (Å²) in [5.74, 6) is 1.76. The Morgan fingerprint density at radius 2 is 1.77 bits per heavy atom. The first-order chi connectivity index (χ1) is 15.1. The molecule has 1 aliphatic carbocycles. The van der Waals surface area contributed by atoms with Crippen molar-refractivity contribution in [2.45, 2.75) is 58.5 Å². The van der Waals surface area contributed by atoms with E-state index in [4.69, 9.17) is 9.26 Å². The van der Waals surface area contributed by atoms with E-state index < -0.39 is 0 Å². The normalized spacial score (nSPS) is 14.4. The molecule has 1 saturated carbocycles. The lowest BCUT2D eigenvalue weighted by Gasteiger charge is -2.33. The van der Waals surface area contributed by atoms with Crippen LogP contribution in [0.3, 0.4) is 0 Å². The highest BCUT2D eigenvalue weighted by Gasteiger charge is 2.28. The van der Waals surface area contributed by atoms with Crippen molar-refractivity contribution in [1.29, 1.82) is 0 Å². The molecule has 2 aromatic carbocycles. The fourth-order valence-corrected chi connectivity index (χ4v) is 4.07. The second kappa shape index (κ2) is 9.77. The first-order valence-electron chi connectivity index (χ1n) is 11.1. The van der Waals surface area contributed by atoms with Crippen molar-refractivity contribution in [2.24, 2.45) is 0 Å². The molecule has 162 valence electrons. The van der Waals surface area contributed by atoms with Gasteiger partial charge in [0, 0.05) is 17.2 Å². The summed E-state index contributed by atoms with van der Waals surface area (Å²) in [5, 5.41) is 4.14. The second-order valence-electron chi connectivity index (χ2n) is 8.06. The summed E-state index contributed by atoms with van der Waals surface area (Å²) < 4.78 is 11.0. The van der Waals surface area contributed by atoms with Gasteiger partial charge in [0.05, 0.1) is 6.61 Å². The molecule has 0 bridgehead atoms.